The van der Waals surface area contributed by atoms with Gasteiger partial charge in [0.25, 0.3) is 5.91 Å². The second-order valence-corrected chi connectivity index (χ2v) is 10.8. The van der Waals surface area contributed by atoms with Crippen LogP contribution in [0.2, 0.25) is 5.02 Å². The Bertz CT molecular complexity index is 1190. The zero-order valence-corrected chi connectivity index (χ0v) is 22.4. The Balaban J connectivity index is 1.45. The topological polar surface area (TPSA) is 116 Å². The molecule has 38 heavy (non-hydrogen) atoms. The second kappa shape index (κ2) is 11.0. The van der Waals surface area contributed by atoms with Gasteiger partial charge in [0, 0.05) is 23.8 Å². The number of nitrogens with one attached hydrogen (secondary N) is 1. The summed E-state index contributed by atoms with van der Waals surface area (Å²) in [5.74, 6) is -1.36. The van der Waals surface area contributed by atoms with Gasteiger partial charge in [-0.25, -0.2) is 0 Å². The summed E-state index contributed by atoms with van der Waals surface area (Å²) in [6, 6.07) is 17.0. The van der Waals surface area contributed by atoms with Crippen molar-refractivity contribution in [1.82, 2.24) is 15.1 Å². The first-order chi connectivity index (χ1) is 18.0. The maximum Gasteiger partial charge on any atom is 0.250 e. The largest absolute Gasteiger partial charge is 0.368 e. The van der Waals surface area contributed by atoms with Crippen LogP contribution in [0.1, 0.15) is 32.3 Å². The number of benzene rings is 2. The average molecular weight is 539 g/mol. The lowest BCUT2D eigenvalue weighted by molar-refractivity contribution is -0.139. The summed E-state index contributed by atoms with van der Waals surface area (Å²) in [6.45, 7) is 3.91. The molecular formula is C28H33ClN5O4. The fourth-order valence-corrected chi connectivity index (χ4v) is 5.12. The summed E-state index contributed by atoms with van der Waals surface area (Å²) in [4.78, 5) is 56.4. The van der Waals surface area contributed by atoms with Crippen LogP contribution in [-0.4, -0.2) is 70.8 Å². The number of primary amides is 1. The van der Waals surface area contributed by atoms with Crippen molar-refractivity contribution in [3.63, 3.8) is 0 Å². The van der Waals surface area contributed by atoms with Crippen molar-refractivity contribution >= 4 is 40.9 Å². The molecule has 0 aromatic heterocycles. The van der Waals surface area contributed by atoms with E-state index in [0.29, 0.717) is 37.4 Å². The van der Waals surface area contributed by atoms with E-state index in [2.05, 4.69) is 5.32 Å². The molecule has 0 bridgehead atoms. The van der Waals surface area contributed by atoms with Gasteiger partial charge in [-0.3, -0.25) is 19.2 Å². The quantitative estimate of drug-likeness (QED) is 0.534. The predicted octanol–water partition coefficient (Wildman–Crippen LogP) is 2.13. The second-order valence-electron chi connectivity index (χ2n) is 10.3. The molecule has 2 saturated heterocycles. The van der Waals surface area contributed by atoms with Gasteiger partial charge in [0.2, 0.25) is 17.7 Å². The monoisotopic (exact) mass is 538 g/mol. The summed E-state index contributed by atoms with van der Waals surface area (Å²) in [7, 11) is 0. The minimum atomic E-state index is -1.23. The molecule has 2 fully saturated rings. The number of likely N-dealkylation sites (tertiary alicyclic amines) is 1. The van der Waals surface area contributed by atoms with Gasteiger partial charge in [0.15, 0.2) is 0 Å². The van der Waals surface area contributed by atoms with E-state index in [1.165, 1.54) is 18.7 Å². The number of carbonyl (C=O) groups excluding carboxylic acids is 4. The predicted molar refractivity (Wildman–Crippen MR) is 145 cm³/mol. The molecule has 2 aliphatic heterocycles. The first kappa shape index (κ1) is 27.4. The molecule has 3 N–H and O–H groups in total. The van der Waals surface area contributed by atoms with Crippen LogP contribution >= 0.6 is 11.6 Å². The number of rotatable bonds is 8. The maximum absolute atomic E-state index is 13.8. The molecular weight excluding hydrogens is 506 g/mol. The van der Waals surface area contributed by atoms with Gasteiger partial charge in [0.05, 0.1) is 13.1 Å². The van der Waals surface area contributed by atoms with E-state index in [1.807, 2.05) is 47.4 Å². The van der Waals surface area contributed by atoms with Gasteiger partial charge in [0.1, 0.15) is 17.6 Å². The number of piperidine rings is 1. The molecule has 9 nitrogen and oxygen atoms in total. The third kappa shape index (κ3) is 5.78. The van der Waals surface area contributed by atoms with Crippen molar-refractivity contribution in [3.05, 3.63) is 71.6 Å². The highest BCUT2D eigenvalue weighted by molar-refractivity contribution is 6.30. The smallest absolute Gasteiger partial charge is 0.250 e. The van der Waals surface area contributed by atoms with Gasteiger partial charge >= 0.3 is 0 Å². The first-order valence-corrected chi connectivity index (χ1v) is 13.0. The van der Waals surface area contributed by atoms with E-state index >= 15 is 0 Å². The fraction of sp³-hybridized carbons (Fsp3) is 0.393. The molecule has 1 radical (unpaired) electrons. The highest BCUT2D eigenvalue weighted by Gasteiger charge is 2.54. The molecule has 2 aromatic rings. The Morgan fingerprint density at radius 2 is 1.68 bits per heavy atom. The average Bonchev–Trinajstić information content (AvgIpc) is 3.14. The molecule has 201 valence electrons. The van der Waals surface area contributed by atoms with Gasteiger partial charge in [-0.2, -0.15) is 0 Å². The maximum atomic E-state index is 13.8. The molecule has 2 aromatic carbocycles. The van der Waals surface area contributed by atoms with Gasteiger partial charge < -0.3 is 25.8 Å². The zero-order chi connectivity index (χ0) is 27.5. The molecule has 10 heteroatoms. The molecule has 2 heterocycles. The number of hydrogen-bond donors (Lipinski definition) is 2. The number of anilines is 1. The Labute approximate surface area is 227 Å². The molecule has 4 amide bonds. The Hall–Kier alpha value is -3.59. The lowest BCUT2D eigenvalue weighted by atomic mass is 9.85. The van der Waals surface area contributed by atoms with Gasteiger partial charge in [-0.05, 0) is 62.9 Å². The minimum Gasteiger partial charge on any atom is -0.368 e. The summed E-state index contributed by atoms with van der Waals surface area (Å²) < 4.78 is 0. The van der Waals surface area contributed by atoms with Crippen molar-refractivity contribution in [2.45, 2.75) is 44.2 Å². The first-order valence-electron chi connectivity index (χ1n) is 12.6. The minimum absolute atomic E-state index is 0.0728. The van der Waals surface area contributed by atoms with Crippen LogP contribution in [0.4, 0.5) is 5.69 Å². The number of amides is 4. The van der Waals surface area contributed by atoms with Crippen LogP contribution in [0, 0.1) is 6.42 Å². The van der Waals surface area contributed by atoms with Gasteiger partial charge in [-0.1, -0.05) is 41.9 Å². The molecule has 4 rings (SSSR count). The van der Waals surface area contributed by atoms with Crippen LogP contribution < -0.4 is 16.0 Å². The standard InChI is InChI=1S/C28H33ClN5O4/c1-27(2,25(30)37)31-23(35)18-33-19-34(22-6-4-3-5-7-22)28(26(33)38)14-16-32(17-15-28)24(36)13-10-20-8-11-21(29)12-9-20/h3-9,11-13H,10,14-19H2,1-2H3,(H2,30,37)(H,31,35). The van der Waals surface area contributed by atoms with Crippen molar-refractivity contribution in [2.24, 2.45) is 5.73 Å². The molecule has 1 spiro atoms. The van der Waals surface area contributed by atoms with Crippen LogP contribution in [0.3, 0.4) is 0 Å². The fourth-order valence-electron chi connectivity index (χ4n) is 5.00. The molecule has 0 aliphatic carbocycles. The highest BCUT2D eigenvalue weighted by Crippen LogP contribution is 2.39. The van der Waals surface area contributed by atoms with E-state index in [1.54, 1.807) is 23.5 Å². The SMILES string of the molecule is CC(C)(NC(=O)CN1CN(c2ccccc2)C2(CCN(C(=O)[CH]Cc3ccc(Cl)cc3)CC2)C1=O)C(N)=O. The third-order valence-corrected chi connectivity index (χ3v) is 7.56. The third-order valence-electron chi connectivity index (χ3n) is 7.31. The Morgan fingerprint density at radius 3 is 2.29 bits per heavy atom. The van der Waals surface area contributed by atoms with Crippen molar-refractivity contribution in [1.29, 1.82) is 0 Å². The van der Waals surface area contributed by atoms with Crippen LogP contribution in [0.5, 0.6) is 0 Å². The van der Waals surface area contributed by atoms with Crippen LogP contribution in [-0.2, 0) is 25.6 Å². The number of carbonyl (C=O) groups is 4. The molecule has 0 atom stereocenters. The Morgan fingerprint density at radius 1 is 1.05 bits per heavy atom. The summed E-state index contributed by atoms with van der Waals surface area (Å²) in [5, 5.41) is 3.26. The van der Waals surface area contributed by atoms with Crippen molar-refractivity contribution < 1.29 is 19.2 Å². The Kier molecular flexibility index (Phi) is 7.97. The van der Waals surface area contributed by atoms with E-state index in [-0.39, 0.29) is 25.0 Å². The molecule has 0 unspecified atom stereocenters. The number of para-hydroxylation sites is 1. The highest BCUT2D eigenvalue weighted by atomic mass is 35.5. The lowest BCUT2D eigenvalue weighted by Crippen LogP contribution is -2.58. The molecule has 0 saturated carbocycles. The van der Waals surface area contributed by atoms with Crippen molar-refractivity contribution in [2.75, 3.05) is 31.2 Å². The van der Waals surface area contributed by atoms with E-state index in [0.717, 1.165) is 11.3 Å². The van der Waals surface area contributed by atoms with Gasteiger partial charge in [-0.15, -0.1) is 0 Å². The number of halogens is 1. The molecule has 2 aliphatic rings. The van der Waals surface area contributed by atoms with E-state index in [9.17, 15) is 19.2 Å². The number of nitrogens with two attached hydrogens (primary N) is 1. The lowest BCUT2D eigenvalue weighted by Gasteiger charge is -2.43. The van der Waals surface area contributed by atoms with E-state index < -0.39 is 22.9 Å². The van der Waals surface area contributed by atoms with E-state index in [4.69, 9.17) is 17.3 Å². The van der Waals surface area contributed by atoms with Crippen LogP contribution in [0.25, 0.3) is 0 Å². The number of hydrogen-bond acceptors (Lipinski definition) is 5. The zero-order valence-electron chi connectivity index (χ0n) is 21.7. The normalized spacial score (nSPS) is 17.1. The van der Waals surface area contributed by atoms with Crippen molar-refractivity contribution in [3.8, 4) is 0 Å². The summed E-state index contributed by atoms with van der Waals surface area (Å²) >= 11 is 5.94. The number of nitrogens with zero attached hydrogens (tertiary/aromatic N) is 3. The van der Waals surface area contributed by atoms with Crippen LogP contribution in [0.15, 0.2) is 54.6 Å². The summed E-state index contributed by atoms with van der Waals surface area (Å²) in [6.07, 6.45) is 3.03. The summed E-state index contributed by atoms with van der Waals surface area (Å²) in [5.41, 5.74) is 5.14.